The van der Waals surface area contributed by atoms with Gasteiger partial charge in [0.15, 0.2) is 11.0 Å². The van der Waals surface area contributed by atoms with Crippen LogP contribution < -0.4 is 4.90 Å². The lowest BCUT2D eigenvalue weighted by Gasteiger charge is -2.36. The highest BCUT2D eigenvalue weighted by Crippen LogP contribution is 2.27. The van der Waals surface area contributed by atoms with Gasteiger partial charge in [-0.2, -0.15) is 0 Å². The van der Waals surface area contributed by atoms with Gasteiger partial charge < -0.3 is 14.5 Å². The second kappa shape index (κ2) is 6.39. The van der Waals surface area contributed by atoms with Crippen LogP contribution in [0.2, 0.25) is 5.15 Å². The van der Waals surface area contributed by atoms with E-state index in [2.05, 4.69) is 20.1 Å². The number of fused-ring (bicyclic) bond motifs is 1. The van der Waals surface area contributed by atoms with Crippen molar-refractivity contribution in [1.82, 2.24) is 20.1 Å². The van der Waals surface area contributed by atoms with Gasteiger partial charge in [-0.1, -0.05) is 11.6 Å². The standard InChI is InChI=1S/C16H20ClN5O2/c1-16(2,3)24-15(23)22-9-7-21(8-10-22)14-11-5-4-6-18-12(11)13(17)19-20-14/h4-6H,7-10H2,1-3H3. The second-order valence-corrected chi connectivity index (χ2v) is 7.03. The van der Waals surface area contributed by atoms with E-state index in [0.29, 0.717) is 36.8 Å². The highest BCUT2D eigenvalue weighted by atomic mass is 35.5. The van der Waals surface area contributed by atoms with Crippen LogP contribution >= 0.6 is 11.6 Å². The Morgan fingerprint density at radius 1 is 1.21 bits per heavy atom. The number of piperazine rings is 1. The zero-order valence-corrected chi connectivity index (χ0v) is 14.7. The molecule has 0 aliphatic carbocycles. The van der Waals surface area contributed by atoms with Crippen molar-refractivity contribution in [2.45, 2.75) is 26.4 Å². The van der Waals surface area contributed by atoms with Crippen LogP contribution in [-0.2, 0) is 4.74 Å². The molecule has 0 spiro atoms. The average molecular weight is 350 g/mol. The summed E-state index contributed by atoms with van der Waals surface area (Å²) in [4.78, 5) is 20.2. The Hall–Kier alpha value is -2.15. The van der Waals surface area contributed by atoms with Crippen molar-refractivity contribution in [3.05, 3.63) is 23.5 Å². The van der Waals surface area contributed by atoms with E-state index >= 15 is 0 Å². The van der Waals surface area contributed by atoms with Gasteiger partial charge in [-0.25, -0.2) is 4.79 Å². The van der Waals surface area contributed by atoms with Crippen LogP contribution in [0, 0.1) is 0 Å². The van der Waals surface area contributed by atoms with Crippen LogP contribution in [0.3, 0.4) is 0 Å². The minimum absolute atomic E-state index is 0.282. The minimum atomic E-state index is -0.488. The molecule has 0 bridgehead atoms. The topological polar surface area (TPSA) is 71.5 Å². The van der Waals surface area contributed by atoms with Crippen molar-refractivity contribution < 1.29 is 9.53 Å². The Morgan fingerprint density at radius 3 is 2.58 bits per heavy atom. The number of aromatic nitrogens is 3. The largest absolute Gasteiger partial charge is 0.444 e. The summed E-state index contributed by atoms with van der Waals surface area (Å²) in [6.45, 7) is 8.04. The first-order chi connectivity index (χ1) is 11.3. The summed E-state index contributed by atoms with van der Waals surface area (Å²) in [5.41, 5.74) is 0.149. The number of hydrogen-bond donors (Lipinski definition) is 0. The molecular formula is C16H20ClN5O2. The average Bonchev–Trinajstić information content (AvgIpc) is 2.54. The lowest BCUT2D eigenvalue weighted by atomic mass is 10.2. The van der Waals surface area contributed by atoms with Crippen molar-refractivity contribution in [2.24, 2.45) is 0 Å². The summed E-state index contributed by atoms with van der Waals surface area (Å²) in [6, 6.07) is 3.78. The van der Waals surface area contributed by atoms with Crippen LogP contribution in [-0.4, -0.2) is 58.0 Å². The van der Waals surface area contributed by atoms with Crippen LogP contribution in [0.5, 0.6) is 0 Å². The fourth-order valence-corrected chi connectivity index (χ4v) is 2.79. The van der Waals surface area contributed by atoms with Gasteiger partial charge >= 0.3 is 6.09 Å². The first-order valence-corrected chi connectivity index (χ1v) is 8.23. The quantitative estimate of drug-likeness (QED) is 0.788. The zero-order chi connectivity index (χ0) is 17.3. The first-order valence-electron chi connectivity index (χ1n) is 7.85. The van der Waals surface area contributed by atoms with Gasteiger partial charge in [0, 0.05) is 37.8 Å². The molecule has 8 heteroatoms. The van der Waals surface area contributed by atoms with E-state index in [4.69, 9.17) is 16.3 Å². The number of amides is 1. The van der Waals surface area contributed by atoms with Gasteiger partial charge in [-0.15, -0.1) is 10.2 Å². The monoisotopic (exact) mass is 349 g/mol. The molecule has 3 rings (SSSR count). The predicted molar refractivity (Wildman–Crippen MR) is 92.4 cm³/mol. The number of carbonyl (C=O) groups excluding carboxylic acids is 1. The second-order valence-electron chi connectivity index (χ2n) is 6.67. The summed E-state index contributed by atoms with van der Waals surface area (Å²) in [6.07, 6.45) is 1.40. The van der Waals surface area contributed by atoms with Gasteiger partial charge in [0.05, 0.1) is 0 Å². The third-order valence-electron chi connectivity index (χ3n) is 3.71. The molecule has 2 aromatic rings. The third kappa shape index (κ3) is 3.51. The van der Waals surface area contributed by atoms with Crippen molar-refractivity contribution in [3.63, 3.8) is 0 Å². The Kier molecular flexibility index (Phi) is 4.45. The van der Waals surface area contributed by atoms with Crippen molar-refractivity contribution in [2.75, 3.05) is 31.1 Å². The van der Waals surface area contributed by atoms with Crippen LogP contribution in [0.4, 0.5) is 10.6 Å². The summed E-state index contributed by atoms with van der Waals surface area (Å²) < 4.78 is 5.42. The van der Waals surface area contributed by atoms with E-state index in [1.54, 1.807) is 11.1 Å². The smallest absolute Gasteiger partial charge is 0.410 e. The van der Waals surface area contributed by atoms with E-state index < -0.39 is 5.60 Å². The Labute approximate surface area is 145 Å². The normalized spacial score (nSPS) is 15.7. The lowest BCUT2D eigenvalue weighted by molar-refractivity contribution is 0.0240. The van der Waals surface area contributed by atoms with Gasteiger partial charge in [0.25, 0.3) is 0 Å². The van der Waals surface area contributed by atoms with Gasteiger partial charge in [-0.05, 0) is 32.9 Å². The fraction of sp³-hybridized carbons (Fsp3) is 0.500. The molecule has 1 saturated heterocycles. The van der Waals surface area contributed by atoms with Crippen molar-refractivity contribution >= 4 is 34.4 Å². The van der Waals surface area contributed by atoms with Crippen LogP contribution in [0.25, 0.3) is 10.9 Å². The molecule has 7 nitrogen and oxygen atoms in total. The molecule has 2 aromatic heterocycles. The van der Waals surface area contributed by atoms with Gasteiger partial charge in [0.2, 0.25) is 0 Å². The number of rotatable bonds is 1. The van der Waals surface area contributed by atoms with E-state index in [9.17, 15) is 4.79 Å². The highest BCUT2D eigenvalue weighted by Gasteiger charge is 2.27. The maximum Gasteiger partial charge on any atom is 0.410 e. The van der Waals surface area contributed by atoms with Crippen molar-refractivity contribution in [3.8, 4) is 0 Å². The number of carbonyl (C=O) groups is 1. The van der Waals surface area contributed by atoms with E-state index in [-0.39, 0.29) is 6.09 Å². The molecule has 128 valence electrons. The molecule has 0 N–H and O–H groups in total. The van der Waals surface area contributed by atoms with E-state index in [1.807, 2.05) is 32.9 Å². The molecule has 0 saturated carbocycles. The first kappa shape index (κ1) is 16.7. The fourth-order valence-electron chi connectivity index (χ4n) is 2.60. The Morgan fingerprint density at radius 2 is 1.92 bits per heavy atom. The van der Waals surface area contributed by atoms with Crippen LogP contribution in [0.15, 0.2) is 18.3 Å². The Balaban J connectivity index is 1.74. The van der Waals surface area contributed by atoms with Gasteiger partial charge in [-0.3, -0.25) is 4.98 Å². The highest BCUT2D eigenvalue weighted by molar-refractivity contribution is 6.34. The molecule has 24 heavy (non-hydrogen) atoms. The number of pyridine rings is 1. The summed E-state index contributed by atoms with van der Waals surface area (Å²) >= 11 is 6.07. The molecule has 1 fully saturated rings. The lowest BCUT2D eigenvalue weighted by Crippen LogP contribution is -2.50. The molecular weight excluding hydrogens is 330 g/mol. The molecule has 0 aromatic carbocycles. The molecule has 1 amide bonds. The molecule has 3 heterocycles. The van der Waals surface area contributed by atoms with Crippen LogP contribution in [0.1, 0.15) is 20.8 Å². The number of nitrogens with zero attached hydrogens (tertiary/aromatic N) is 5. The maximum atomic E-state index is 12.1. The van der Waals surface area contributed by atoms with Crippen molar-refractivity contribution in [1.29, 1.82) is 0 Å². The molecule has 1 aliphatic heterocycles. The number of halogens is 1. The molecule has 0 unspecified atom stereocenters. The minimum Gasteiger partial charge on any atom is -0.444 e. The summed E-state index contributed by atoms with van der Waals surface area (Å²) in [7, 11) is 0. The van der Waals surface area contributed by atoms with E-state index in [0.717, 1.165) is 11.2 Å². The number of ether oxygens (including phenoxy) is 1. The molecule has 0 atom stereocenters. The SMILES string of the molecule is CC(C)(C)OC(=O)N1CCN(c2nnc(Cl)c3ncccc23)CC1. The molecule has 1 aliphatic rings. The zero-order valence-electron chi connectivity index (χ0n) is 14.0. The number of anilines is 1. The third-order valence-corrected chi connectivity index (χ3v) is 3.96. The van der Waals surface area contributed by atoms with E-state index in [1.165, 1.54) is 0 Å². The van der Waals surface area contributed by atoms with Gasteiger partial charge in [0.1, 0.15) is 11.1 Å². The molecule has 0 radical (unpaired) electrons. The Bertz CT molecular complexity index is 754. The number of hydrogen-bond acceptors (Lipinski definition) is 6. The summed E-state index contributed by atoms with van der Waals surface area (Å²) in [5.74, 6) is 0.742. The predicted octanol–water partition coefficient (Wildman–Crippen LogP) is 2.74. The summed E-state index contributed by atoms with van der Waals surface area (Å²) in [5, 5.41) is 9.38. The maximum absolute atomic E-state index is 12.1.